The van der Waals surface area contributed by atoms with Gasteiger partial charge in [-0.25, -0.2) is 4.68 Å². The Bertz CT molecular complexity index is 956. The van der Waals surface area contributed by atoms with Crippen molar-refractivity contribution in [3.8, 4) is 16.9 Å². The van der Waals surface area contributed by atoms with Crippen LogP contribution in [0, 0.1) is 20.8 Å². The van der Waals surface area contributed by atoms with Crippen molar-refractivity contribution in [3.05, 3.63) is 70.9 Å². The Kier molecular flexibility index (Phi) is 5.75. The van der Waals surface area contributed by atoms with Gasteiger partial charge in [0.15, 0.2) is 0 Å². The third-order valence-corrected chi connectivity index (χ3v) is 4.81. The fourth-order valence-electron chi connectivity index (χ4n) is 3.01. The Morgan fingerprint density at radius 2 is 1.85 bits per heavy atom. The van der Waals surface area contributed by atoms with E-state index >= 15 is 0 Å². The van der Waals surface area contributed by atoms with Gasteiger partial charge in [-0.3, -0.25) is 4.79 Å². The maximum atomic E-state index is 12.8. The number of hydrogen-bond acceptors (Lipinski definition) is 2. The first-order chi connectivity index (χ1) is 13.0. The van der Waals surface area contributed by atoms with Crippen molar-refractivity contribution in [3.63, 3.8) is 0 Å². The zero-order chi connectivity index (χ0) is 19.4. The first kappa shape index (κ1) is 18.9. The van der Waals surface area contributed by atoms with Gasteiger partial charge < -0.3 is 5.32 Å². The van der Waals surface area contributed by atoms with E-state index in [1.54, 1.807) is 4.68 Å². The fourth-order valence-corrected chi connectivity index (χ4v) is 3.01. The van der Waals surface area contributed by atoms with Gasteiger partial charge >= 0.3 is 0 Å². The van der Waals surface area contributed by atoms with Gasteiger partial charge in [-0.1, -0.05) is 37.6 Å². The first-order valence-electron chi connectivity index (χ1n) is 9.52. The second-order valence-electron chi connectivity index (χ2n) is 7.07. The molecule has 0 saturated heterocycles. The number of carbonyl (C=O) groups excluding carboxylic acids is 1. The minimum absolute atomic E-state index is 0.0902. The molecule has 1 amide bonds. The average Bonchev–Trinajstić information content (AvgIpc) is 3.10. The highest BCUT2D eigenvalue weighted by atomic mass is 16.2. The van der Waals surface area contributed by atoms with Crippen LogP contribution >= 0.6 is 0 Å². The van der Waals surface area contributed by atoms with E-state index in [9.17, 15) is 4.79 Å². The lowest BCUT2D eigenvalue weighted by Crippen LogP contribution is -2.26. The number of carbonyl (C=O) groups is 1. The van der Waals surface area contributed by atoms with Crippen LogP contribution in [-0.4, -0.2) is 22.2 Å². The van der Waals surface area contributed by atoms with Gasteiger partial charge in [0.25, 0.3) is 5.91 Å². The molecule has 0 bridgehead atoms. The molecular weight excluding hydrogens is 334 g/mol. The Balaban J connectivity index is 2.05. The Morgan fingerprint density at radius 1 is 1.04 bits per heavy atom. The Morgan fingerprint density at radius 3 is 2.56 bits per heavy atom. The van der Waals surface area contributed by atoms with Crippen LogP contribution in [0.5, 0.6) is 0 Å². The number of nitrogens with zero attached hydrogens (tertiary/aromatic N) is 2. The van der Waals surface area contributed by atoms with Crippen LogP contribution < -0.4 is 5.32 Å². The maximum Gasteiger partial charge on any atom is 0.270 e. The number of benzene rings is 2. The molecule has 0 unspecified atom stereocenters. The SMILES string of the molecule is CCCCNC(=O)c1cc(-c2ccc(C)c(C)c2)nn1-c1cccc(C)c1. The van der Waals surface area contributed by atoms with Crippen LogP contribution in [0.25, 0.3) is 16.9 Å². The van der Waals surface area contributed by atoms with Crippen LogP contribution in [0.3, 0.4) is 0 Å². The van der Waals surface area contributed by atoms with Crippen molar-refractivity contribution in [2.45, 2.75) is 40.5 Å². The van der Waals surface area contributed by atoms with Crippen molar-refractivity contribution in [1.29, 1.82) is 0 Å². The summed E-state index contributed by atoms with van der Waals surface area (Å²) in [6.07, 6.45) is 2.01. The molecule has 3 rings (SSSR count). The van der Waals surface area contributed by atoms with Gasteiger partial charge in [-0.15, -0.1) is 0 Å². The molecule has 140 valence electrons. The van der Waals surface area contributed by atoms with Crippen LogP contribution in [0.4, 0.5) is 0 Å². The minimum Gasteiger partial charge on any atom is -0.351 e. The highest BCUT2D eigenvalue weighted by molar-refractivity contribution is 5.94. The van der Waals surface area contributed by atoms with Crippen LogP contribution in [0.2, 0.25) is 0 Å². The summed E-state index contributed by atoms with van der Waals surface area (Å²) in [7, 11) is 0. The summed E-state index contributed by atoms with van der Waals surface area (Å²) in [6, 6.07) is 16.2. The van der Waals surface area contributed by atoms with E-state index < -0.39 is 0 Å². The zero-order valence-electron chi connectivity index (χ0n) is 16.5. The number of rotatable bonds is 6. The number of hydrogen-bond donors (Lipinski definition) is 1. The quantitative estimate of drug-likeness (QED) is 0.628. The normalized spacial score (nSPS) is 10.8. The summed E-state index contributed by atoms with van der Waals surface area (Å²) >= 11 is 0. The molecule has 4 heteroatoms. The smallest absolute Gasteiger partial charge is 0.270 e. The van der Waals surface area contributed by atoms with E-state index in [4.69, 9.17) is 5.10 Å². The molecule has 1 N–H and O–H groups in total. The molecule has 0 fully saturated rings. The number of aromatic nitrogens is 2. The molecule has 0 radical (unpaired) electrons. The molecule has 0 aliphatic carbocycles. The predicted molar refractivity (Wildman–Crippen MR) is 110 cm³/mol. The molecule has 1 heterocycles. The topological polar surface area (TPSA) is 46.9 Å². The lowest BCUT2D eigenvalue weighted by Gasteiger charge is -2.08. The third-order valence-electron chi connectivity index (χ3n) is 4.81. The average molecular weight is 361 g/mol. The van der Waals surface area contributed by atoms with E-state index in [1.165, 1.54) is 11.1 Å². The standard InChI is InChI=1S/C23H27N3O/c1-5-6-12-24-23(27)22-15-21(19-11-10-17(3)18(4)14-19)25-26(22)20-9-7-8-16(2)13-20/h7-11,13-15H,5-6,12H2,1-4H3,(H,24,27). The first-order valence-corrected chi connectivity index (χ1v) is 9.52. The van der Waals surface area contributed by atoms with Gasteiger partial charge in [-0.05, 0) is 68.1 Å². The summed E-state index contributed by atoms with van der Waals surface area (Å²) in [5.41, 5.74) is 6.87. The molecule has 0 saturated carbocycles. The molecule has 3 aromatic rings. The van der Waals surface area contributed by atoms with Crippen molar-refractivity contribution in [2.75, 3.05) is 6.54 Å². The van der Waals surface area contributed by atoms with Gasteiger partial charge in [0.2, 0.25) is 0 Å². The molecule has 0 aliphatic rings. The summed E-state index contributed by atoms with van der Waals surface area (Å²) in [6.45, 7) is 9.01. The second kappa shape index (κ2) is 8.21. The van der Waals surface area contributed by atoms with E-state index in [0.29, 0.717) is 12.2 Å². The molecule has 2 aromatic carbocycles. The summed E-state index contributed by atoms with van der Waals surface area (Å²) in [4.78, 5) is 12.8. The number of amides is 1. The van der Waals surface area contributed by atoms with Gasteiger partial charge in [-0.2, -0.15) is 5.10 Å². The third kappa shape index (κ3) is 4.27. The summed E-state index contributed by atoms with van der Waals surface area (Å²) in [5.74, 6) is -0.0902. The van der Waals surface area contributed by atoms with Gasteiger partial charge in [0.1, 0.15) is 5.69 Å². The van der Waals surface area contributed by atoms with Crippen molar-refractivity contribution in [2.24, 2.45) is 0 Å². The maximum absolute atomic E-state index is 12.8. The molecule has 0 atom stereocenters. The number of unbranched alkanes of at least 4 members (excludes halogenated alkanes) is 1. The monoisotopic (exact) mass is 361 g/mol. The van der Waals surface area contributed by atoms with Crippen molar-refractivity contribution < 1.29 is 4.79 Å². The van der Waals surface area contributed by atoms with Crippen LogP contribution in [-0.2, 0) is 0 Å². The second-order valence-corrected chi connectivity index (χ2v) is 7.07. The van der Waals surface area contributed by atoms with E-state index in [1.807, 2.05) is 37.3 Å². The van der Waals surface area contributed by atoms with E-state index in [2.05, 4.69) is 44.3 Å². The zero-order valence-corrected chi connectivity index (χ0v) is 16.5. The Labute approximate surface area is 161 Å². The van der Waals surface area contributed by atoms with Gasteiger partial charge in [0, 0.05) is 12.1 Å². The minimum atomic E-state index is -0.0902. The van der Waals surface area contributed by atoms with E-state index in [-0.39, 0.29) is 5.91 Å². The highest BCUT2D eigenvalue weighted by Gasteiger charge is 2.17. The Hall–Kier alpha value is -2.88. The van der Waals surface area contributed by atoms with Crippen molar-refractivity contribution >= 4 is 5.91 Å². The van der Waals surface area contributed by atoms with Crippen LogP contribution in [0.15, 0.2) is 48.5 Å². The lowest BCUT2D eigenvalue weighted by atomic mass is 10.0. The summed E-state index contributed by atoms with van der Waals surface area (Å²) in [5, 5.41) is 7.78. The molecule has 4 nitrogen and oxygen atoms in total. The summed E-state index contributed by atoms with van der Waals surface area (Å²) < 4.78 is 1.75. The fraction of sp³-hybridized carbons (Fsp3) is 0.304. The largest absolute Gasteiger partial charge is 0.351 e. The van der Waals surface area contributed by atoms with E-state index in [0.717, 1.165) is 35.3 Å². The molecule has 27 heavy (non-hydrogen) atoms. The molecule has 1 aromatic heterocycles. The highest BCUT2D eigenvalue weighted by Crippen LogP contribution is 2.24. The molecule has 0 aliphatic heterocycles. The van der Waals surface area contributed by atoms with Crippen LogP contribution in [0.1, 0.15) is 46.9 Å². The van der Waals surface area contributed by atoms with Gasteiger partial charge in [0.05, 0.1) is 11.4 Å². The predicted octanol–water partition coefficient (Wildman–Crippen LogP) is 4.99. The number of aryl methyl sites for hydroxylation is 3. The number of nitrogens with one attached hydrogen (secondary N) is 1. The molecule has 0 spiro atoms. The lowest BCUT2D eigenvalue weighted by molar-refractivity contribution is 0.0945. The van der Waals surface area contributed by atoms with Crippen molar-refractivity contribution in [1.82, 2.24) is 15.1 Å². The molecular formula is C23H27N3O.